The summed E-state index contributed by atoms with van der Waals surface area (Å²) in [6, 6.07) is 15.5. The lowest BCUT2D eigenvalue weighted by Gasteiger charge is -2.16. The van der Waals surface area contributed by atoms with E-state index in [-0.39, 0.29) is 30.5 Å². The van der Waals surface area contributed by atoms with Gasteiger partial charge in [-0.3, -0.25) is 9.59 Å². The molecule has 0 saturated carbocycles. The molecule has 3 rings (SSSR count). The Bertz CT molecular complexity index is 811. The second kappa shape index (κ2) is 8.82. The van der Waals surface area contributed by atoms with E-state index < -0.39 is 18.5 Å². The molecule has 2 aromatic rings. The first-order valence-electron chi connectivity index (χ1n) is 9.03. The van der Waals surface area contributed by atoms with Crippen LogP contribution in [0.15, 0.2) is 54.6 Å². The van der Waals surface area contributed by atoms with Gasteiger partial charge in [-0.15, -0.1) is 0 Å². The van der Waals surface area contributed by atoms with Gasteiger partial charge in [-0.2, -0.15) is 8.78 Å². The third-order valence-corrected chi connectivity index (χ3v) is 4.99. The zero-order valence-electron chi connectivity index (χ0n) is 15.1. The lowest BCUT2D eigenvalue weighted by molar-refractivity contribution is -0.141. The maximum atomic E-state index is 12.6. The van der Waals surface area contributed by atoms with Crippen LogP contribution in [0.25, 0.3) is 0 Å². The monoisotopic (exact) mass is 389 g/mol. The standard InChI is InChI=1S/C21H21F2NO4/c22-21(23)28-16-9-6-14(7-10-16)8-11-19(25)24-12-17(18(13-24)20(26)27)15-4-2-1-3-5-15/h1-7,9-10,17-18,21H,8,11-13H2,(H,26,27)/t17-,18-/m1/s1. The molecule has 0 aromatic heterocycles. The number of hydrogen-bond donors (Lipinski definition) is 1. The molecule has 2 atom stereocenters. The number of aliphatic carboxylic acids is 1. The Morgan fingerprint density at radius 3 is 2.36 bits per heavy atom. The van der Waals surface area contributed by atoms with Gasteiger partial charge in [-0.25, -0.2) is 0 Å². The van der Waals surface area contributed by atoms with E-state index >= 15 is 0 Å². The SMILES string of the molecule is O=C(O)[C@@H]1CN(C(=O)CCc2ccc(OC(F)F)cc2)C[C@@H]1c1ccccc1. The quantitative estimate of drug-likeness (QED) is 0.787. The summed E-state index contributed by atoms with van der Waals surface area (Å²) in [6.07, 6.45) is 0.668. The van der Waals surface area contributed by atoms with Crippen LogP contribution in [0.2, 0.25) is 0 Å². The van der Waals surface area contributed by atoms with Gasteiger partial charge in [0.2, 0.25) is 5.91 Å². The van der Waals surface area contributed by atoms with Crippen LogP contribution in [0, 0.1) is 5.92 Å². The van der Waals surface area contributed by atoms with Crippen molar-refractivity contribution in [2.75, 3.05) is 13.1 Å². The van der Waals surface area contributed by atoms with Gasteiger partial charge in [0.25, 0.3) is 0 Å². The molecule has 1 amide bonds. The molecule has 1 fully saturated rings. The van der Waals surface area contributed by atoms with Crippen LogP contribution >= 0.6 is 0 Å². The highest BCUT2D eigenvalue weighted by Crippen LogP contribution is 2.33. The number of carboxylic acid groups (broad SMARTS) is 1. The van der Waals surface area contributed by atoms with Crippen molar-refractivity contribution in [2.24, 2.45) is 5.92 Å². The molecule has 1 N–H and O–H groups in total. The minimum atomic E-state index is -2.87. The average molecular weight is 389 g/mol. The molecule has 0 spiro atoms. The molecule has 5 nitrogen and oxygen atoms in total. The summed E-state index contributed by atoms with van der Waals surface area (Å²) in [5.41, 5.74) is 1.74. The van der Waals surface area contributed by atoms with Crippen LogP contribution < -0.4 is 4.74 Å². The van der Waals surface area contributed by atoms with Crippen molar-refractivity contribution < 1.29 is 28.2 Å². The van der Waals surface area contributed by atoms with E-state index in [9.17, 15) is 23.5 Å². The number of ether oxygens (including phenoxy) is 1. The number of likely N-dealkylation sites (tertiary alicyclic amines) is 1. The van der Waals surface area contributed by atoms with Gasteiger partial charge in [0.1, 0.15) is 5.75 Å². The Balaban J connectivity index is 1.59. The Morgan fingerprint density at radius 2 is 1.75 bits per heavy atom. The normalized spacial score (nSPS) is 19.0. The summed E-state index contributed by atoms with van der Waals surface area (Å²) in [7, 11) is 0. The Morgan fingerprint density at radius 1 is 1.07 bits per heavy atom. The van der Waals surface area contributed by atoms with Gasteiger partial charge < -0.3 is 14.7 Å². The first kappa shape index (κ1) is 19.8. The fourth-order valence-electron chi connectivity index (χ4n) is 3.54. The zero-order valence-corrected chi connectivity index (χ0v) is 15.1. The highest BCUT2D eigenvalue weighted by molar-refractivity contribution is 5.80. The van der Waals surface area contributed by atoms with Gasteiger partial charge in [0.05, 0.1) is 5.92 Å². The summed E-state index contributed by atoms with van der Waals surface area (Å²) >= 11 is 0. The largest absolute Gasteiger partial charge is 0.481 e. The lowest BCUT2D eigenvalue weighted by Crippen LogP contribution is -2.30. The topological polar surface area (TPSA) is 66.8 Å². The van der Waals surface area contributed by atoms with Crippen LogP contribution in [0.3, 0.4) is 0 Å². The van der Waals surface area contributed by atoms with Crippen molar-refractivity contribution in [3.8, 4) is 5.75 Å². The molecule has 1 aliphatic rings. The number of hydrogen-bond acceptors (Lipinski definition) is 3. The minimum absolute atomic E-state index is 0.0691. The first-order valence-corrected chi connectivity index (χ1v) is 9.03. The fourth-order valence-corrected chi connectivity index (χ4v) is 3.54. The van der Waals surface area contributed by atoms with E-state index in [1.807, 2.05) is 30.3 Å². The molecule has 2 aromatic carbocycles. The molecular weight excluding hydrogens is 368 g/mol. The second-order valence-electron chi connectivity index (χ2n) is 6.78. The Kier molecular flexibility index (Phi) is 6.23. The van der Waals surface area contributed by atoms with Crippen molar-refractivity contribution >= 4 is 11.9 Å². The Hall–Kier alpha value is -2.96. The second-order valence-corrected chi connectivity index (χ2v) is 6.78. The molecule has 0 bridgehead atoms. The van der Waals surface area contributed by atoms with Gasteiger partial charge >= 0.3 is 12.6 Å². The Labute approximate surface area is 161 Å². The average Bonchev–Trinajstić information content (AvgIpc) is 3.13. The first-order chi connectivity index (χ1) is 13.4. The van der Waals surface area contributed by atoms with Gasteiger partial charge in [0, 0.05) is 25.4 Å². The molecular formula is C21H21F2NO4. The molecule has 1 saturated heterocycles. The van der Waals surface area contributed by atoms with Crippen LogP contribution in [-0.4, -0.2) is 41.6 Å². The molecule has 1 heterocycles. The summed E-state index contributed by atoms with van der Waals surface area (Å²) in [6.45, 7) is -2.31. The molecule has 148 valence electrons. The smallest absolute Gasteiger partial charge is 0.387 e. The highest BCUT2D eigenvalue weighted by atomic mass is 19.3. The van der Waals surface area contributed by atoms with Crippen LogP contribution in [0.5, 0.6) is 5.75 Å². The summed E-state index contributed by atoms with van der Waals surface area (Å²) in [5, 5.41) is 9.54. The lowest BCUT2D eigenvalue weighted by atomic mass is 9.89. The highest BCUT2D eigenvalue weighted by Gasteiger charge is 2.40. The van der Waals surface area contributed by atoms with Crippen molar-refractivity contribution in [2.45, 2.75) is 25.4 Å². The number of carbonyl (C=O) groups excluding carboxylic acids is 1. The van der Waals surface area contributed by atoms with Gasteiger partial charge in [-0.1, -0.05) is 42.5 Å². The predicted molar refractivity (Wildman–Crippen MR) is 98.3 cm³/mol. The van der Waals surface area contributed by atoms with E-state index in [1.165, 1.54) is 12.1 Å². The molecule has 0 aliphatic carbocycles. The molecule has 0 unspecified atom stereocenters. The maximum absolute atomic E-state index is 12.6. The number of nitrogens with zero attached hydrogens (tertiary/aromatic N) is 1. The maximum Gasteiger partial charge on any atom is 0.387 e. The minimum Gasteiger partial charge on any atom is -0.481 e. The van der Waals surface area contributed by atoms with Crippen molar-refractivity contribution in [3.05, 3.63) is 65.7 Å². The molecule has 7 heteroatoms. The van der Waals surface area contributed by atoms with Crippen molar-refractivity contribution in [3.63, 3.8) is 0 Å². The van der Waals surface area contributed by atoms with Crippen LogP contribution in [0.4, 0.5) is 8.78 Å². The van der Waals surface area contributed by atoms with E-state index in [0.717, 1.165) is 11.1 Å². The molecule has 0 radical (unpaired) electrons. The summed E-state index contributed by atoms with van der Waals surface area (Å²) in [4.78, 5) is 25.8. The number of carboxylic acids is 1. The van der Waals surface area contributed by atoms with Gasteiger partial charge in [0.15, 0.2) is 0 Å². The van der Waals surface area contributed by atoms with E-state index in [0.29, 0.717) is 13.0 Å². The van der Waals surface area contributed by atoms with Crippen LogP contribution in [-0.2, 0) is 16.0 Å². The fraction of sp³-hybridized carbons (Fsp3) is 0.333. The third kappa shape index (κ3) is 4.85. The number of amides is 1. The van der Waals surface area contributed by atoms with E-state index in [4.69, 9.17) is 0 Å². The third-order valence-electron chi connectivity index (χ3n) is 4.99. The summed E-state index contributed by atoms with van der Waals surface area (Å²) in [5.74, 6) is -1.80. The number of benzene rings is 2. The summed E-state index contributed by atoms with van der Waals surface area (Å²) < 4.78 is 28.7. The number of alkyl halides is 2. The molecule has 1 aliphatic heterocycles. The van der Waals surface area contributed by atoms with E-state index in [1.54, 1.807) is 17.0 Å². The number of rotatable bonds is 7. The molecule has 28 heavy (non-hydrogen) atoms. The number of halogens is 2. The van der Waals surface area contributed by atoms with Crippen molar-refractivity contribution in [1.82, 2.24) is 4.90 Å². The number of aryl methyl sites for hydroxylation is 1. The number of carbonyl (C=O) groups is 2. The van der Waals surface area contributed by atoms with E-state index in [2.05, 4.69) is 4.74 Å². The van der Waals surface area contributed by atoms with Crippen LogP contribution in [0.1, 0.15) is 23.5 Å². The zero-order chi connectivity index (χ0) is 20.1. The predicted octanol–water partition coefficient (Wildman–Crippen LogP) is 3.55. The van der Waals surface area contributed by atoms with Gasteiger partial charge in [-0.05, 0) is 29.7 Å². The van der Waals surface area contributed by atoms with Crippen molar-refractivity contribution in [1.29, 1.82) is 0 Å².